The third-order valence-corrected chi connectivity index (χ3v) is 4.67. The molecule has 2 fully saturated rings. The highest BCUT2D eigenvalue weighted by molar-refractivity contribution is 6.30. The van der Waals surface area contributed by atoms with Crippen molar-refractivity contribution in [3.63, 3.8) is 0 Å². The van der Waals surface area contributed by atoms with E-state index in [1.807, 2.05) is 19.1 Å². The Hall–Kier alpha value is -1.10. The number of rotatable bonds is 3. The Kier molecular flexibility index (Phi) is 4.48. The summed E-state index contributed by atoms with van der Waals surface area (Å²) in [4.78, 5) is 14.5. The minimum Gasteiger partial charge on any atom is -0.325 e. The molecule has 4 nitrogen and oxygen atoms in total. The Morgan fingerprint density at radius 2 is 2.19 bits per heavy atom. The van der Waals surface area contributed by atoms with Crippen molar-refractivity contribution in [1.29, 1.82) is 0 Å². The van der Waals surface area contributed by atoms with Crippen molar-refractivity contribution < 1.29 is 4.79 Å². The lowest BCUT2D eigenvalue weighted by Crippen LogP contribution is -2.39. The highest BCUT2D eigenvalue weighted by Gasteiger charge is 2.29. The molecule has 21 heavy (non-hydrogen) atoms. The summed E-state index contributed by atoms with van der Waals surface area (Å²) in [5.74, 6) is 0.0539. The third kappa shape index (κ3) is 3.76. The Morgan fingerprint density at radius 1 is 1.38 bits per heavy atom. The second-order valence-corrected chi connectivity index (χ2v) is 6.61. The first-order chi connectivity index (χ1) is 10.1. The van der Waals surface area contributed by atoms with Crippen LogP contribution < -0.4 is 10.6 Å². The lowest BCUT2D eigenvalue weighted by molar-refractivity contribution is -0.117. The van der Waals surface area contributed by atoms with Gasteiger partial charge in [0.1, 0.15) is 0 Å². The molecule has 2 unspecified atom stereocenters. The molecule has 2 saturated heterocycles. The second-order valence-electron chi connectivity index (χ2n) is 6.17. The van der Waals surface area contributed by atoms with Crippen molar-refractivity contribution in [2.24, 2.45) is 0 Å². The first-order valence-corrected chi connectivity index (χ1v) is 8.02. The van der Waals surface area contributed by atoms with E-state index in [-0.39, 0.29) is 5.91 Å². The summed E-state index contributed by atoms with van der Waals surface area (Å²) in [7, 11) is 0. The molecule has 2 N–H and O–H groups in total. The Morgan fingerprint density at radius 3 is 3.00 bits per heavy atom. The number of carbonyl (C=O) groups excluding carboxylic acids is 1. The van der Waals surface area contributed by atoms with Crippen LogP contribution in [-0.4, -0.2) is 42.5 Å². The lowest BCUT2D eigenvalue weighted by atomic mass is 10.1. The van der Waals surface area contributed by atoms with Crippen molar-refractivity contribution in [1.82, 2.24) is 10.2 Å². The zero-order chi connectivity index (χ0) is 14.8. The number of hydrogen-bond donors (Lipinski definition) is 2. The first kappa shape index (κ1) is 14.8. The van der Waals surface area contributed by atoms with Crippen LogP contribution in [0, 0.1) is 6.92 Å². The van der Waals surface area contributed by atoms with Gasteiger partial charge in [-0.1, -0.05) is 11.6 Å². The van der Waals surface area contributed by atoms with Gasteiger partial charge in [0.15, 0.2) is 0 Å². The van der Waals surface area contributed by atoms with Crippen molar-refractivity contribution in [2.45, 2.75) is 38.3 Å². The van der Waals surface area contributed by atoms with Crippen molar-refractivity contribution in [3.8, 4) is 0 Å². The fraction of sp³-hybridized carbons (Fsp3) is 0.562. The summed E-state index contributed by atoms with van der Waals surface area (Å²) >= 11 is 5.94. The Bertz CT molecular complexity index is 534. The Labute approximate surface area is 130 Å². The van der Waals surface area contributed by atoms with Crippen LogP contribution in [0.4, 0.5) is 5.69 Å². The smallest absolute Gasteiger partial charge is 0.238 e. The molecule has 1 aromatic carbocycles. The van der Waals surface area contributed by atoms with Crippen LogP contribution in [0.5, 0.6) is 0 Å². The number of benzene rings is 1. The van der Waals surface area contributed by atoms with Gasteiger partial charge in [-0.2, -0.15) is 0 Å². The van der Waals surface area contributed by atoms with Gasteiger partial charge in [-0.3, -0.25) is 9.69 Å². The monoisotopic (exact) mass is 307 g/mol. The van der Waals surface area contributed by atoms with Gasteiger partial charge >= 0.3 is 0 Å². The number of likely N-dealkylation sites (tertiary alicyclic amines) is 1. The Balaban J connectivity index is 1.56. The van der Waals surface area contributed by atoms with Crippen LogP contribution in [0.15, 0.2) is 18.2 Å². The number of carbonyl (C=O) groups is 1. The zero-order valence-electron chi connectivity index (χ0n) is 12.4. The summed E-state index contributed by atoms with van der Waals surface area (Å²) in [6.07, 6.45) is 3.66. The van der Waals surface area contributed by atoms with Crippen molar-refractivity contribution in [3.05, 3.63) is 28.8 Å². The van der Waals surface area contributed by atoms with E-state index in [9.17, 15) is 4.79 Å². The maximum atomic E-state index is 12.2. The SMILES string of the molecule is Cc1cc(Cl)ccc1NC(=O)CN1CCC2CCC(C1)N2. The van der Waals surface area contributed by atoms with E-state index < -0.39 is 0 Å². The maximum Gasteiger partial charge on any atom is 0.238 e. The number of hydrogen-bond acceptors (Lipinski definition) is 3. The topological polar surface area (TPSA) is 44.4 Å². The van der Waals surface area contributed by atoms with E-state index in [4.69, 9.17) is 11.6 Å². The summed E-state index contributed by atoms with van der Waals surface area (Å²) in [5, 5.41) is 7.32. The van der Waals surface area contributed by atoms with E-state index in [0.29, 0.717) is 23.7 Å². The molecule has 2 aliphatic heterocycles. The van der Waals surface area contributed by atoms with E-state index >= 15 is 0 Å². The fourth-order valence-corrected chi connectivity index (χ4v) is 3.55. The van der Waals surface area contributed by atoms with E-state index in [2.05, 4.69) is 15.5 Å². The van der Waals surface area contributed by atoms with Crippen LogP contribution in [0.25, 0.3) is 0 Å². The van der Waals surface area contributed by atoms with Crippen LogP contribution in [-0.2, 0) is 4.79 Å². The molecule has 1 amide bonds. The van der Waals surface area contributed by atoms with Crippen LogP contribution >= 0.6 is 11.6 Å². The highest BCUT2D eigenvalue weighted by atomic mass is 35.5. The highest BCUT2D eigenvalue weighted by Crippen LogP contribution is 2.21. The number of nitrogens with one attached hydrogen (secondary N) is 2. The zero-order valence-corrected chi connectivity index (χ0v) is 13.1. The van der Waals surface area contributed by atoms with Gasteiger partial charge in [-0.15, -0.1) is 0 Å². The molecule has 5 heteroatoms. The standard InChI is InChI=1S/C16H22ClN3O/c1-11-8-12(17)2-5-15(11)19-16(21)10-20-7-6-13-3-4-14(9-20)18-13/h2,5,8,13-14,18H,3-4,6-7,9-10H2,1H3,(H,19,21). The molecule has 114 valence electrons. The van der Waals surface area contributed by atoms with E-state index in [1.165, 1.54) is 12.8 Å². The number of fused-ring (bicyclic) bond motifs is 2. The fourth-order valence-electron chi connectivity index (χ4n) is 3.32. The van der Waals surface area contributed by atoms with E-state index in [1.54, 1.807) is 6.07 Å². The van der Waals surface area contributed by atoms with Crippen LogP contribution in [0.1, 0.15) is 24.8 Å². The van der Waals surface area contributed by atoms with Gasteiger partial charge in [0.2, 0.25) is 5.91 Å². The molecule has 0 saturated carbocycles. The predicted octanol–water partition coefficient (Wildman–Crippen LogP) is 2.41. The molecule has 2 bridgehead atoms. The van der Waals surface area contributed by atoms with Crippen molar-refractivity contribution in [2.75, 3.05) is 25.0 Å². The quantitative estimate of drug-likeness (QED) is 0.901. The summed E-state index contributed by atoms with van der Waals surface area (Å²) in [6.45, 7) is 4.40. The van der Waals surface area contributed by atoms with Gasteiger partial charge < -0.3 is 10.6 Å². The first-order valence-electron chi connectivity index (χ1n) is 7.64. The van der Waals surface area contributed by atoms with Crippen molar-refractivity contribution >= 4 is 23.2 Å². The predicted molar refractivity (Wildman–Crippen MR) is 85.8 cm³/mol. The summed E-state index contributed by atoms with van der Waals surface area (Å²) < 4.78 is 0. The third-order valence-electron chi connectivity index (χ3n) is 4.44. The summed E-state index contributed by atoms with van der Waals surface area (Å²) in [6, 6.07) is 6.75. The minimum atomic E-state index is 0.0539. The largest absolute Gasteiger partial charge is 0.325 e. The second kappa shape index (κ2) is 6.34. The molecule has 3 rings (SSSR count). The van der Waals surface area contributed by atoms with Gasteiger partial charge in [0.25, 0.3) is 0 Å². The number of nitrogens with zero attached hydrogens (tertiary/aromatic N) is 1. The maximum absolute atomic E-state index is 12.2. The van der Waals surface area contributed by atoms with Gasteiger partial charge in [-0.25, -0.2) is 0 Å². The van der Waals surface area contributed by atoms with Gasteiger partial charge in [0, 0.05) is 35.9 Å². The number of amides is 1. The van der Waals surface area contributed by atoms with Crippen LogP contribution in [0.2, 0.25) is 5.02 Å². The molecule has 0 spiro atoms. The molecule has 0 radical (unpaired) electrons. The van der Waals surface area contributed by atoms with Gasteiger partial charge in [-0.05, 0) is 49.9 Å². The molecule has 0 aromatic heterocycles. The lowest BCUT2D eigenvalue weighted by Gasteiger charge is -2.23. The molecule has 2 atom stereocenters. The van der Waals surface area contributed by atoms with E-state index in [0.717, 1.165) is 30.8 Å². The average Bonchev–Trinajstić information content (AvgIpc) is 2.76. The normalized spacial score (nSPS) is 25.6. The molecular formula is C16H22ClN3O. The number of anilines is 1. The van der Waals surface area contributed by atoms with Gasteiger partial charge in [0.05, 0.1) is 6.54 Å². The van der Waals surface area contributed by atoms with Crippen LogP contribution in [0.3, 0.4) is 0 Å². The number of aryl methyl sites for hydroxylation is 1. The average molecular weight is 308 g/mol. The number of halogens is 1. The molecule has 0 aliphatic carbocycles. The molecule has 2 aliphatic rings. The summed E-state index contributed by atoms with van der Waals surface area (Å²) in [5.41, 5.74) is 1.84. The molecular weight excluding hydrogens is 286 g/mol. The minimum absolute atomic E-state index is 0.0539. The molecule has 1 aromatic rings. The molecule has 2 heterocycles.